The summed E-state index contributed by atoms with van der Waals surface area (Å²) in [5, 5.41) is 0. The van der Waals surface area contributed by atoms with Crippen LogP contribution < -0.4 is 0 Å². The van der Waals surface area contributed by atoms with Gasteiger partial charge in [-0.1, -0.05) is 14.9 Å². The Balaban J connectivity index is 0. The topological polar surface area (TPSA) is 99.5 Å². The molecule has 0 saturated carbocycles. The van der Waals surface area contributed by atoms with E-state index in [4.69, 9.17) is 0 Å². The second-order valence-electron chi connectivity index (χ2n) is 2.20. The third-order valence-electron chi connectivity index (χ3n) is 1.48. The number of rotatable bonds is 4. The summed E-state index contributed by atoms with van der Waals surface area (Å²) >= 11 is 0. The van der Waals surface area contributed by atoms with Crippen molar-refractivity contribution in [1.82, 2.24) is 9.80 Å². The molecule has 0 atom stereocenters. The summed E-state index contributed by atoms with van der Waals surface area (Å²) in [4.78, 5) is 49.0. The zero-order chi connectivity index (χ0) is 10.6. The third-order valence-corrected chi connectivity index (χ3v) is 1.48. The Hall–Kier alpha value is -2.30. The molecular formula is C8H12N4O4. The van der Waals surface area contributed by atoms with E-state index in [0.29, 0.717) is 9.80 Å². The Morgan fingerprint density at radius 3 is 1.44 bits per heavy atom. The van der Waals surface area contributed by atoms with Gasteiger partial charge in [0.05, 0.1) is 0 Å². The van der Waals surface area contributed by atoms with Crippen molar-refractivity contribution in [3.63, 3.8) is 0 Å². The number of aliphatic imine (C=N–C) groups is 2. The molecule has 4 amide bonds. The number of urea groups is 2. The maximum absolute atomic E-state index is 11.0. The van der Waals surface area contributed by atoms with E-state index in [2.05, 4.69) is 9.98 Å². The first-order chi connectivity index (χ1) is 6.72. The number of imide groups is 2. The molecule has 0 aromatic rings. The highest BCUT2D eigenvalue weighted by Crippen LogP contribution is 2.14. The predicted octanol–water partition coefficient (Wildman–Crippen LogP) is 0.703. The summed E-state index contributed by atoms with van der Waals surface area (Å²) in [5.74, 6) is 0. The van der Waals surface area contributed by atoms with Crippen LogP contribution in [0.1, 0.15) is 14.9 Å². The highest BCUT2D eigenvalue weighted by molar-refractivity contribution is 6.11. The van der Waals surface area contributed by atoms with Crippen LogP contribution in [0.2, 0.25) is 0 Å². The number of hydrogen-bond acceptors (Lipinski definition) is 6. The third kappa shape index (κ3) is 2.84. The average molecular weight is 228 g/mol. The minimum absolute atomic E-state index is 0. The van der Waals surface area contributed by atoms with Gasteiger partial charge in [0.1, 0.15) is 13.3 Å². The molecule has 0 aromatic carbocycles. The second kappa shape index (κ2) is 7.05. The number of amides is 4. The summed E-state index contributed by atoms with van der Waals surface area (Å²) in [6, 6.07) is -1.32. The van der Waals surface area contributed by atoms with Crippen molar-refractivity contribution in [2.75, 3.05) is 13.3 Å². The van der Waals surface area contributed by atoms with E-state index < -0.39 is 12.1 Å². The molecule has 8 nitrogen and oxygen atoms in total. The summed E-state index contributed by atoms with van der Waals surface area (Å²) in [6.45, 7) is -0.717. The van der Waals surface area contributed by atoms with Crippen LogP contribution >= 0.6 is 0 Å². The molecule has 0 aromatic heterocycles. The lowest BCUT2D eigenvalue weighted by Gasteiger charge is -2.35. The fourth-order valence-electron chi connectivity index (χ4n) is 0.851. The molecule has 1 heterocycles. The number of nitrogens with zero attached hydrogens (tertiary/aromatic N) is 4. The van der Waals surface area contributed by atoms with Gasteiger partial charge in [0.15, 0.2) is 0 Å². The lowest BCUT2D eigenvalue weighted by molar-refractivity contribution is 0.108. The van der Waals surface area contributed by atoms with E-state index in [0.717, 1.165) is 0 Å². The maximum Gasteiger partial charge on any atom is 0.339 e. The molecule has 1 saturated heterocycles. The Morgan fingerprint density at radius 2 is 1.19 bits per heavy atom. The van der Waals surface area contributed by atoms with Crippen molar-refractivity contribution in [1.29, 1.82) is 0 Å². The van der Waals surface area contributed by atoms with Crippen molar-refractivity contribution in [3.8, 4) is 0 Å². The highest BCUT2D eigenvalue weighted by atomic mass is 16.2. The zero-order valence-corrected chi connectivity index (χ0v) is 6.84. The molecular weight excluding hydrogens is 216 g/mol. The molecule has 1 aliphatic rings. The summed E-state index contributed by atoms with van der Waals surface area (Å²) in [6.07, 6.45) is 2.38. The van der Waals surface area contributed by atoms with E-state index in [1.807, 2.05) is 0 Å². The van der Waals surface area contributed by atoms with Crippen LogP contribution in [0.5, 0.6) is 0 Å². The van der Waals surface area contributed by atoms with Crippen molar-refractivity contribution in [2.45, 2.75) is 14.9 Å². The molecule has 8 heteroatoms. The van der Waals surface area contributed by atoms with Crippen molar-refractivity contribution < 1.29 is 19.2 Å². The normalized spacial score (nSPS) is 12.5. The van der Waals surface area contributed by atoms with Gasteiger partial charge in [0.25, 0.3) is 0 Å². The number of carbonyl (C=O) groups excluding carboxylic acids is 4. The van der Waals surface area contributed by atoms with Gasteiger partial charge < -0.3 is 0 Å². The Morgan fingerprint density at radius 1 is 0.875 bits per heavy atom. The Kier molecular flexibility index (Phi) is 7.12. The van der Waals surface area contributed by atoms with E-state index >= 15 is 0 Å². The van der Waals surface area contributed by atoms with Gasteiger partial charge in [0.2, 0.25) is 12.2 Å². The zero-order valence-electron chi connectivity index (χ0n) is 6.84. The van der Waals surface area contributed by atoms with Gasteiger partial charge in [-0.25, -0.2) is 29.0 Å². The van der Waals surface area contributed by atoms with Crippen molar-refractivity contribution in [2.24, 2.45) is 9.98 Å². The van der Waals surface area contributed by atoms with Gasteiger partial charge in [-0.15, -0.1) is 0 Å². The van der Waals surface area contributed by atoms with Crippen molar-refractivity contribution >= 4 is 24.2 Å². The number of hydrogen-bond donors (Lipinski definition) is 0. The fourth-order valence-corrected chi connectivity index (χ4v) is 0.851. The molecule has 1 rings (SSSR count). The summed E-state index contributed by atoms with van der Waals surface area (Å²) in [7, 11) is 0. The lowest BCUT2D eigenvalue weighted by Crippen LogP contribution is -2.63. The first-order valence-corrected chi connectivity index (χ1v) is 3.42. The van der Waals surface area contributed by atoms with Crippen LogP contribution in [0.15, 0.2) is 9.98 Å². The van der Waals surface area contributed by atoms with Gasteiger partial charge in [-0.3, -0.25) is 0 Å². The standard InChI is InChI=1S/C6H4N4O4.2CH4/c11-3-7-1-9-5(13)10(6(9)14)2-8-4-12;;/h1-2H2;2*1H4. The first-order valence-electron chi connectivity index (χ1n) is 3.42. The maximum atomic E-state index is 11.0. The van der Waals surface area contributed by atoms with Crippen LogP contribution in [0, 0.1) is 0 Å². The fraction of sp³-hybridized carbons (Fsp3) is 0.500. The summed E-state index contributed by atoms with van der Waals surface area (Å²) in [5.41, 5.74) is 0. The second-order valence-corrected chi connectivity index (χ2v) is 2.20. The molecule has 16 heavy (non-hydrogen) atoms. The van der Waals surface area contributed by atoms with E-state index in [-0.39, 0.29) is 28.2 Å². The quantitative estimate of drug-likeness (QED) is 0.522. The largest absolute Gasteiger partial charge is 0.339 e. The monoisotopic (exact) mass is 228 g/mol. The molecule has 0 bridgehead atoms. The van der Waals surface area contributed by atoms with Crippen LogP contribution in [0.3, 0.4) is 0 Å². The molecule has 0 aliphatic carbocycles. The highest BCUT2D eigenvalue weighted by Gasteiger charge is 2.43. The van der Waals surface area contributed by atoms with E-state index in [1.54, 1.807) is 0 Å². The minimum atomic E-state index is -0.659. The first kappa shape index (κ1) is 16.1. The molecule has 1 fully saturated rings. The number of isocyanates is 2. The molecule has 0 radical (unpaired) electrons. The molecule has 0 spiro atoms. The number of carbonyl (C=O) groups is 2. The smallest absolute Gasteiger partial charge is 0.247 e. The van der Waals surface area contributed by atoms with Gasteiger partial charge >= 0.3 is 12.1 Å². The van der Waals surface area contributed by atoms with Crippen LogP contribution in [-0.2, 0) is 9.59 Å². The lowest BCUT2D eigenvalue weighted by atomic mass is 10.5. The predicted molar refractivity (Wildman–Crippen MR) is 53.9 cm³/mol. The summed E-state index contributed by atoms with van der Waals surface area (Å²) < 4.78 is 0. The Bertz CT molecular complexity index is 320. The van der Waals surface area contributed by atoms with Crippen LogP contribution in [0.4, 0.5) is 9.59 Å². The van der Waals surface area contributed by atoms with Crippen LogP contribution in [-0.4, -0.2) is 47.4 Å². The van der Waals surface area contributed by atoms with E-state index in [1.165, 1.54) is 12.2 Å². The average Bonchev–Trinajstić information content (AvgIpc) is 2.19. The van der Waals surface area contributed by atoms with Gasteiger partial charge in [0, 0.05) is 0 Å². The Labute approximate surface area is 92.3 Å². The molecule has 0 unspecified atom stereocenters. The van der Waals surface area contributed by atoms with E-state index in [9.17, 15) is 19.2 Å². The SMILES string of the molecule is C.C.O=C=NCN1C(=O)N(CN=C=O)C1=O. The van der Waals surface area contributed by atoms with Crippen molar-refractivity contribution in [3.05, 3.63) is 0 Å². The molecule has 88 valence electrons. The van der Waals surface area contributed by atoms with Gasteiger partial charge in [-0.2, -0.15) is 9.98 Å². The van der Waals surface area contributed by atoms with Gasteiger partial charge in [-0.05, 0) is 0 Å². The molecule has 1 aliphatic heterocycles. The van der Waals surface area contributed by atoms with Crippen LogP contribution in [0.25, 0.3) is 0 Å². The molecule has 0 N–H and O–H groups in total. The minimum Gasteiger partial charge on any atom is -0.247 e.